The van der Waals surface area contributed by atoms with E-state index in [2.05, 4.69) is 25.2 Å². The average molecular weight is 467 g/mol. The monoisotopic (exact) mass is 467 g/mol. The van der Waals surface area contributed by atoms with Gasteiger partial charge in [-0.25, -0.2) is 10.1 Å². The third-order valence-electron chi connectivity index (χ3n) is 6.36. The number of aromatic amines is 1. The molecule has 0 unspecified atom stereocenters. The summed E-state index contributed by atoms with van der Waals surface area (Å²) in [5.41, 5.74) is 1.37. The van der Waals surface area contributed by atoms with Gasteiger partial charge in [0.15, 0.2) is 0 Å². The number of carbonyl (C=O) groups excluding carboxylic acids is 1. The highest BCUT2D eigenvalue weighted by molar-refractivity contribution is 5.93. The van der Waals surface area contributed by atoms with Crippen molar-refractivity contribution in [3.63, 3.8) is 0 Å². The van der Waals surface area contributed by atoms with Gasteiger partial charge in [0.1, 0.15) is 17.1 Å². The number of benzene rings is 1. The fourth-order valence-corrected chi connectivity index (χ4v) is 4.73. The van der Waals surface area contributed by atoms with Gasteiger partial charge in [-0.1, -0.05) is 24.6 Å². The Labute approximate surface area is 193 Å². The number of rotatable bonds is 5. The van der Waals surface area contributed by atoms with Crippen molar-refractivity contribution in [2.24, 2.45) is 0 Å². The Hall–Kier alpha value is -3.82. The third kappa shape index (κ3) is 4.35. The molecule has 1 amide bonds. The fourth-order valence-electron chi connectivity index (χ4n) is 4.73. The van der Waals surface area contributed by atoms with Crippen LogP contribution in [0.5, 0.6) is 5.75 Å². The molecule has 8 nitrogen and oxygen atoms in total. The molecule has 3 heterocycles. The maximum absolute atomic E-state index is 13.0. The van der Waals surface area contributed by atoms with Crippen LogP contribution >= 0.6 is 0 Å². The standard InChI is InChI=1S/C24H23F2N5O3/c25-24(26)34-16-10-11-31-19(13-27-20(31)12-16)23(33)28-15-5-3-4-14(8-9-15)21-17-6-1-2-7-18(17)22(32)30-29-21/h1-2,6-7,10-15,24H,3-5,8-9H2,(H,28,33)(H,30,32)/t14-,15-/m0/s1. The second kappa shape index (κ2) is 9.20. The lowest BCUT2D eigenvalue weighted by atomic mass is 9.93. The number of aromatic nitrogens is 4. The molecule has 0 aliphatic heterocycles. The highest BCUT2D eigenvalue weighted by atomic mass is 19.3. The number of alkyl halides is 2. The Morgan fingerprint density at radius 1 is 1.15 bits per heavy atom. The van der Waals surface area contributed by atoms with Crippen LogP contribution in [0.25, 0.3) is 16.4 Å². The molecule has 0 spiro atoms. The summed E-state index contributed by atoms with van der Waals surface area (Å²) >= 11 is 0. The van der Waals surface area contributed by atoms with Crippen molar-refractivity contribution < 1.29 is 18.3 Å². The van der Waals surface area contributed by atoms with Gasteiger partial charge in [-0.15, -0.1) is 0 Å². The smallest absolute Gasteiger partial charge is 0.387 e. The van der Waals surface area contributed by atoms with Crippen LogP contribution < -0.4 is 15.6 Å². The van der Waals surface area contributed by atoms with Crippen LogP contribution in [0, 0.1) is 0 Å². The van der Waals surface area contributed by atoms with Gasteiger partial charge in [0.2, 0.25) is 0 Å². The first-order chi connectivity index (χ1) is 16.5. The molecule has 34 heavy (non-hydrogen) atoms. The van der Waals surface area contributed by atoms with E-state index in [0.717, 1.165) is 43.2 Å². The van der Waals surface area contributed by atoms with E-state index in [-0.39, 0.29) is 29.2 Å². The molecular weight excluding hydrogens is 444 g/mol. The van der Waals surface area contributed by atoms with Gasteiger partial charge >= 0.3 is 6.61 Å². The quantitative estimate of drug-likeness (QED) is 0.432. The molecule has 0 saturated heterocycles. The Morgan fingerprint density at radius 2 is 1.97 bits per heavy atom. The van der Waals surface area contributed by atoms with Gasteiger partial charge in [0.25, 0.3) is 11.5 Å². The molecule has 5 rings (SSSR count). The molecule has 0 bridgehead atoms. The molecule has 0 radical (unpaired) electrons. The van der Waals surface area contributed by atoms with Crippen molar-refractivity contribution in [1.29, 1.82) is 0 Å². The minimum absolute atomic E-state index is 0.0153. The topological polar surface area (TPSA) is 101 Å². The number of imidazole rings is 1. The zero-order chi connectivity index (χ0) is 23.7. The van der Waals surface area contributed by atoms with E-state index in [1.54, 1.807) is 10.5 Å². The van der Waals surface area contributed by atoms with Crippen LogP contribution in [0.4, 0.5) is 8.78 Å². The first-order valence-electron chi connectivity index (χ1n) is 11.2. The maximum atomic E-state index is 13.0. The summed E-state index contributed by atoms with van der Waals surface area (Å²) in [5, 5.41) is 11.6. The van der Waals surface area contributed by atoms with Gasteiger partial charge in [-0.05, 0) is 37.8 Å². The summed E-state index contributed by atoms with van der Waals surface area (Å²) in [6, 6.07) is 10.2. The van der Waals surface area contributed by atoms with Crippen molar-refractivity contribution in [2.75, 3.05) is 0 Å². The molecule has 3 aromatic heterocycles. The predicted molar refractivity (Wildman–Crippen MR) is 121 cm³/mol. The zero-order valence-electron chi connectivity index (χ0n) is 18.2. The second-order valence-electron chi connectivity index (χ2n) is 8.47. The molecule has 4 aromatic rings. The Bertz CT molecular complexity index is 1400. The number of ether oxygens (including phenoxy) is 1. The number of amides is 1. The Morgan fingerprint density at radius 3 is 2.79 bits per heavy atom. The van der Waals surface area contributed by atoms with E-state index in [0.29, 0.717) is 16.7 Å². The molecule has 1 saturated carbocycles. The summed E-state index contributed by atoms with van der Waals surface area (Å²) < 4.78 is 30.8. The van der Waals surface area contributed by atoms with Crippen molar-refractivity contribution in [2.45, 2.75) is 50.7 Å². The molecule has 1 fully saturated rings. The number of hydrogen-bond acceptors (Lipinski definition) is 5. The molecule has 176 valence electrons. The third-order valence-corrected chi connectivity index (χ3v) is 6.36. The summed E-state index contributed by atoms with van der Waals surface area (Å²) in [7, 11) is 0. The minimum atomic E-state index is -2.93. The predicted octanol–water partition coefficient (Wildman–Crippen LogP) is 4.02. The molecule has 2 N–H and O–H groups in total. The van der Waals surface area contributed by atoms with Crippen LogP contribution in [0.1, 0.15) is 54.2 Å². The van der Waals surface area contributed by atoms with Gasteiger partial charge in [-0.2, -0.15) is 13.9 Å². The lowest BCUT2D eigenvalue weighted by Gasteiger charge is -2.17. The van der Waals surface area contributed by atoms with Crippen LogP contribution in [0.3, 0.4) is 0 Å². The van der Waals surface area contributed by atoms with E-state index in [1.807, 2.05) is 18.2 Å². The lowest BCUT2D eigenvalue weighted by molar-refractivity contribution is -0.0498. The maximum Gasteiger partial charge on any atom is 0.387 e. The first kappa shape index (κ1) is 22.0. The van der Waals surface area contributed by atoms with Crippen molar-refractivity contribution >= 4 is 22.3 Å². The first-order valence-corrected chi connectivity index (χ1v) is 11.2. The molecule has 1 aliphatic carbocycles. The van der Waals surface area contributed by atoms with E-state index in [4.69, 9.17) is 0 Å². The van der Waals surface area contributed by atoms with Gasteiger partial charge < -0.3 is 10.1 Å². The normalized spacial score (nSPS) is 18.8. The number of nitrogens with zero attached hydrogens (tertiary/aromatic N) is 3. The van der Waals surface area contributed by atoms with E-state index < -0.39 is 6.61 Å². The average Bonchev–Trinajstić information content (AvgIpc) is 3.11. The van der Waals surface area contributed by atoms with Crippen LogP contribution in [-0.2, 0) is 0 Å². The number of nitrogens with one attached hydrogen (secondary N) is 2. The summed E-state index contributed by atoms with van der Waals surface area (Å²) in [6.45, 7) is -2.93. The van der Waals surface area contributed by atoms with Crippen molar-refractivity contribution in [1.82, 2.24) is 24.9 Å². The van der Waals surface area contributed by atoms with Crippen molar-refractivity contribution in [3.8, 4) is 5.75 Å². The number of fused-ring (bicyclic) bond motifs is 2. The van der Waals surface area contributed by atoms with Crippen LogP contribution in [0.15, 0.2) is 53.6 Å². The molecule has 1 aliphatic rings. The Balaban J connectivity index is 1.29. The van der Waals surface area contributed by atoms with Gasteiger partial charge in [-0.3, -0.25) is 14.0 Å². The Kier molecular flexibility index (Phi) is 5.95. The number of H-pyrrole nitrogens is 1. The van der Waals surface area contributed by atoms with Crippen LogP contribution in [-0.4, -0.2) is 38.1 Å². The zero-order valence-corrected chi connectivity index (χ0v) is 18.2. The molecule has 2 atom stereocenters. The molecule has 1 aromatic carbocycles. The fraction of sp³-hybridized carbons (Fsp3) is 0.333. The van der Waals surface area contributed by atoms with Gasteiger partial charge in [0.05, 0.1) is 17.3 Å². The number of carbonyl (C=O) groups is 1. The van der Waals surface area contributed by atoms with E-state index >= 15 is 0 Å². The van der Waals surface area contributed by atoms with Gasteiger partial charge in [0, 0.05) is 29.6 Å². The minimum Gasteiger partial charge on any atom is -0.435 e. The highest BCUT2D eigenvalue weighted by Crippen LogP contribution is 2.33. The largest absolute Gasteiger partial charge is 0.435 e. The lowest BCUT2D eigenvalue weighted by Crippen LogP contribution is -2.35. The molecule has 10 heteroatoms. The van der Waals surface area contributed by atoms with Crippen molar-refractivity contribution in [3.05, 3.63) is 70.5 Å². The van der Waals surface area contributed by atoms with E-state index in [9.17, 15) is 18.4 Å². The summed E-state index contributed by atoms with van der Waals surface area (Å²) in [6.07, 6.45) is 7.17. The SMILES string of the molecule is O=C(N[C@H]1CCC[C@H](c2n[nH]c(=O)c3ccccc23)CC1)c1cnc2cc(OC(F)F)ccn12. The molecular formula is C24H23F2N5O3. The second-order valence-corrected chi connectivity index (χ2v) is 8.47. The summed E-state index contributed by atoms with van der Waals surface area (Å²) in [5.74, 6) is -0.0999. The number of halogens is 2. The van der Waals surface area contributed by atoms with E-state index in [1.165, 1.54) is 24.5 Å². The summed E-state index contributed by atoms with van der Waals surface area (Å²) in [4.78, 5) is 29.2. The van der Waals surface area contributed by atoms with Crippen LogP contribution in [0.2, 0.25) is 0 Å². The number of pyridine rings is 1. The number of hydrogen-bond donors (Lipinski definition) is 2. The highest BCUT2D eigenvalue weighted by Gasteiger charge is 2.25.